The Morgan fingerprint density at radius 1 is 1.25 bits per heavy atom. The number of carbonyl (C=O) groups is 2. The zero-order valence-electron chi connectivity index (χ0n) is 15.8. The minimum atomic E-state index is -0.459. The Labute approximate surface area is 162 Å². The minimum Gasteiger partial charge on any atom is -0.321 e. The Hall–Kier alpha value is -3.42. The molecule has 0 saturated carbocycles. The van der Waals surface area contributed by atoms with Gasteiger partial charge in [-0.25, -0.2) is 4.79 Å². The molecule has 1 N–H and O–H groups in total. The third-order valence-electron chi connectivity index (χ3n) is 4.97. The van der Waals surface area contributed by atoms with E-state index in [0.29, 0.717) is 29.9 Å². The number of hydrogen-bond donors (Lipinski definition) is 1. The van der Waals surface area contributed by atoms with Gasteiger partial charge < -0.3 is 15.1 Å². The number of hydrogen-bond acceptors (Lipinski definition) is 4. The molecule has 146 valence electrons. The van der Waals surface area contributed by atoms with Crippen LogP contribution >= 0.6 is 0 Å². The number of carbonyl (C=O) groups excluding carboxylic acids is 2. The number of nitrogens with one attached hydrogen (secondary N) is 1. The van der Waals surface area contributed by atoms with Crippen molar-refractivity contribution in [3.8, 4) is 0 Å². The first-order valence-corrected chi connectivity index (χ1v) is 9.06. The van der Waals surface area contributed by atoms with E-state index in [0.717, 1.165) is 6.42 Å². The van der Waals surface area contributed by atoms with Crippen LogP contribution in [0.15, 0.2) is 48.5 Å². The summed E-state index contributed by atoms with van der Waals surface area (Å²) in [6, 6.07) is 12.7. The van der Waals surface area contributed by atoms with Gasteiger partial charge in [-0.3, -0.25) is 14.9 Å². The summed E-state index contributed by atoms with van der Waals surface area (Å²) in [4.78, 5) is 38.5. The number of nitro benzene ring substituents is 1. The van der Waals surface area contributed by atoms with E-state index in [1.165, 1.54) is 17.0 Å². The molecule has 1 fully saturated rings. The van der Waals surface area contributed by atoms with Gasteiger partial charge in [0.25, 0.3) is 5.69 Å². The number of rotatable bonds is 5. The molecule has 0 radical (unpaired) electrons. The van der Waals surface area contributed by atoms with Crippen molar-refractivity contribution in [1.82, 2.24) is 4.90 Å². The van der Waals surface area contributed by atoms with Crippen LogP contribution < -0.4 is 10.2 Å². The number of amides is 3. The van der Waals surface area contributed by atoms with Crippen molar-refractivity contribution in [3.63, 3.8) is 0 Å². The first-order valence-electron chi connectivity index (χ1n) is 9.06. The molecule has 8 heteroatoms. The Balaban J connectivity index is 1.77. The first-order chi connectivity index (χ1) is 13.4. The van der Waals surface area contributed by atoms with Crippen molar-refractivity contribution in [2.45, 2.75) is 25.8 Å². The average molecular weight is 382 g/mol. The fraction of sp³-hybridized carbons (Fsp3) is 0.300. The molecule has 2 aromatic rings. The molecule has 8 nitrogen and oxygen atoms in total. The number of urea groups is 1. The molecule has 1 unspecified atom stereocenters. The van der Waals surface area contributed by atoms with E-state index in [9.17, 15) is 19.7 Å². The quantitative estimate of drug-likeness (QED) is 0.626. The highest BCUT2D eigenvalue weighted by Crippen LogP contribution is 2.30. The van der Waals surface area contributed by atoms with Gasteiger partial charge in [0.2, 0.25) is 5.91 Å². The van der Waals surface area contributed by atoms with Gasteiger partial charge in [0.1, 0.15) is 0 Å². The second kappa shape index (κ2) is 8.08. The smallest absolute Gasteiger partial charge is 0.321 e. The van der Waals surface area contributed by atoms with Gasteiger partial charge in [0, 0.05) is 32.1 Å². The summed E-state index contributed by atoms with van der Waals surface area (Å²) >= 11 is 0. The van der Waals surface area contributed by atoms with Crippen molar-refractivity contribution < 1.29 is 14.5 Å². The van der Waals surface area contributed by atoms with Gasteiger partial charge in [-0.2, -0.15) is 0 Å². The van der Waals surface area contributed by atoms with Crippen LogP contribution in [-0.4, -0.2) is 35.4 Å². The summed E-state index contributed by atoms with van der Waals surface area (Å²) in [6.45, 7) is 2.43. The Morgan fingerprint density at radius 2 is 2.00 bits per heavy atom. The Morgan fingerprint density at radius 3 is 2.68 bits per heavy atom. The van der Waals surface area contributed by atoms with E-state index in [2.05, 4.69) is 5.32 Å². The summed E-state index contributed by atoms with van der Waals surface area (Å²) in [7, 11) is 1.63. The molecule has 2 aromatic carbocycles. The fourth-order valence-corrected chi connectivity index (χ4v) is 3.22. The maximum Gasteiger partial charge on any atom is 0.322 e. The molecule has 1 atom stereocenters. The number of nitro groups is 1. The molecule has 0 spiro atoms. The monoisotopic (exact) mass is 382 g/mol. The van der Waals surface area contributed by atoms with Gasteiger partial charge in [-0.1, -0.05) is 24.3 Å². The van der Waals surface area contributed by atoms with Gasteiger partial charge in [-0.15, -0.1) is 0 Å². The second-order valence-corrected chi connectivity index (χ2v) is 6.74. The predicted octanol–water partition coefficient (Wildman–Crippen LogP) is 3.95. The van der Waals surface area contributed by atoms with E-state index in [-0.39, 0.29) is 23.7 Å². The van der Waals surface area contributed by atoms with Gasteiger partial charge in [0.15, 0.2) is 0 Å². The third-order valence-corrected chi connectivity index (χ3v) is 4.97. The van der Waals surface area contributed by atoms with Crippen LogP contribution in [0.25, 0.3) is 0 Å². The SMILES string of the molecule is CC(c1cccc([N+](=O)[O-])c1)N(C)C(=O)Nc1ccccc1N1CCCC1=O. The third kappa shape index (κ3) is 3.95. The van der Waals surface area contributed by atoms with E-state index >= 15 is 0 Å². The molecule has 0 aliphatic carbocycles. The van der Waals surface area contributed by atoms with Crippen molar-refractivity contribution in [3.05, 3.63) is 64.2 Å². The lowest BCUT2D eigenvalue weighted by Crippen LogP contribution is -2.34. The van der Waals surface area contributed by atoms with E-state index in [1.54, 1.807) is 43.1 Å². The molecule has 28 heavy (non-hydrogen) atoms. The molecule has 1 aliphatic heterocycles. The summed E-state index contributed by atoms with van der Waals surface area (Å²) < 4.78 is 0. The number of benzene rings is 2. The average Bonchev–Trinajstić information content (AvgIpc) is 3.13. The lowest BCUT2D eigenvalue weighted by molar-refractivity contribution is -0.384. The Kier molecular flexibility index (Phi) is 5.58. The summed E-state index contributed by atoms with van der Waals surface area (Å²) in [5.74, 6) is 0.0417. The summed E-state index contributed by atoms with van der Waals surface area (Å²) in [6.07, 6.45) is 1.30. The largest absolute Gasteiger partial charge is 0.322 e. The minimum absolute atomic E-state index is 0.0175. The summed E-state index contributed by atoms with van der Waals surface area (Å²) in [5.41, 5.74) is 1.88. The van der Waals surface area contributed by atoms with Crippen molar-refractivity contribution >= 4 is 29.0 Å². The molecule has 1 aliphatic rings. The van der Waals surface area contributed by atoms with Crippen LogP contribution in [0.2, 0.25) is 0 Å². The Bertz CT molecular complexity index is 915. The van der Waals surface area contributed by atoms with Crippen LogP contribution in [0.4, 0.5) is 21.9 Å². The van der Waals surface area contributed by atoms with Gasteiger partial charge in [-0.05, 0) is 31.0 Å². The van der Waals surface area contributed by atoms with Crippen LogP contribution in [-0.2, 0) is 4.79 Å². The molecule has 0 bridgehead atoms. The highest BCUT2D eigenvalue weighted by molar-refractivity contribution is 6.01. The normalized spacial score (nSPS) is 14.6. The lowest BCUT2D eigenvalue weighted by atomic mass is 10.1. The molecule has 3 amide bonds. The van der Waals surface area contributed by atoms with E-state index in [1.807, 2.05) is 12.1 Å². The highest BCUT2D eigenvalue weighted by atomic mass is 16.6. The van der Waals surface area contributed by atoms with E-state index in [4.69, 9.17) is 0 Å². The summed E-state index contributed by atoms with van der Waals surface area (Å²) in [5, 5.41) is 13.8. The zero-order chi connectivity index (χ0) is 20.3. The molecule has 3 rings (SSSR count). The van der Waals surface area contributed by atoms with Gasteiger partial charge in [0.05, 0.1) is 22.3 Å². The van der Waals surface area contributed by atoms with Crippen LogP contribution in [0, 0.1) is 10.1 Å². The predicted molar refractivity (Wildman–Crippen MR) is 106 cm³/mol. The maximum absolute atomic E-state index is 12.8. The van der Waals surface area contributed by atoms with Gasteiger partial charge >= 0.3 is 6.03 Å². The van der Waals surface area contributed by atoms with Crippen molar-refractivity contribution in [1.29, 1.82) is 0 Å². The van der Waals surface area contributed by atoms with Crippen molar-refractivity contribution in [2.24, 2.45) is 0 Å². The lowest BCUT2D eigenvalue weighted by Gasteiger charge is -2.27. The fourth-order valence-electron chi connectivity index (χ4n) is 3.22. The molecular weight excluding hydrogens is 360 g/mol. The molecule has 0 aromatic heterocycles. The van der Waals surface area contributed by atoms with E-state index < -0.39 is 4.92 Å². The number of non-ortho nitro benzene ring substituents is 1. The maximum atomic E-state index is 12.8. The second-order valence-electron chi connectivity index (χ2n) is 6.74. The highest BCUT2D eigenvalue weighted by Gasteiger charge is 2.25. The molecular formula is C20H22N4O4. The standard InChI is InChI=1S/C20H22N4O4/c1-14(15-7-5-8-16(13-15)24(27)28)22(2)20(26)21-17-9-3-4-10-18(17)23-12-6-11-19(23)25/h3-5,7-10,13-14H,6,11-12H2,1-2H3,(H,21,26). The number of anilines is 2. The van der Waals surface area contributed by atoms with Crippen LogP contribution in [0.3, 0.4) is 0 Å². The molecule has 1 saturated heterocycles. The number of para-hydroxylation sites is 2. The first kappa shape index (κ1) is 19.3. The topological polar surface area (TPSA) is 95.8 Å². The molecule has 1 heterocycles. The van der Waals surface area contributed by atoms with Crippen LogP contribution in [0.1, 0.15) is 31.4 Å². The number of nitrogens with zero attached hydrogens (tertiary/aromatic N) is 3. The zero-order valence-corrected chi connectivity index (χ0v) is 15.8. The van der Waals surface area contributed by atoms with Crippen molar-refractivity contribution in [2.75, 3.05) is 23.8 Å². The van der Waals surface area contributed by atoms with Crippen LogP contribution in [0.5, 0.6) is 0 Å².